The molecule has 2 aliphatic heterocycles. The average Bonchev–Trinajstić information content (AvgIpc) is 3.11. The molecule has 7 heteroatoms. The summed E-state index contributed by atoms with van der Waals surface area (Å²) in [6, 6.07) is 12.3. The van der Waals surface area contributed by atoms with Crippen molar-refractivity contribution >= 4 is 39.1 Å². The van der Waals surface area contributed by atoms with Crippen LogP contribution in [0.15, 0.2) is 42.6 Å². The SMILES string of the molecule is Cc1nc(N2CC3CCC(C2)N3)c2cnc(-c3cccc4cccc(Cl)c34)c(F)c2n1. The second-order valence-electron chi connectivity index (χ2n) is 8.46. The third kappa shape index (κ3) is 3.05. The van der Waals surface area contributed by atoms with Crippen LogP contribution in [0.1, 0.15) is 18.7 Å². The molecule has 4 heterocycles. The molecule has 2 unspecified atom stereocenters. The van der Waals surface area contributed by atoms with Crippen LogP contribution in [0.5, 0.6) is 0 Å². The van der Waals surface area contributed by atoms with Gasteiger partial charge < -0.3 is 10.2 Å². The van der Waals surface area contributed by atoms with Crippen molar-refractivity contribution in [3.8, 4) is 11.3 Å². The van der Waals surface area contributed by atoms with Gasteiger partial charge in [0.05, 0.1) is 5.39 Å². The van der Waals surface area contributed by atoms with Crippen LogP contribution in [0, 0.1) is 12.7 Å². The highest BCUT2D eigenvalue weighted by Gasteiger charge is 2.34. The van der Waals surface area contributed by atoms with Crippen LogP contribution < -0.4 is 10.2 Å². The second kappa shape index (κ2) is 7.11. The highest BCUT2D eigenvalue weighted by Crippen LogP contribution is 2.37. The predicted molar refractivity (Wildman–Crippen MR) is 122 cm³/mol. The minimum Gasteiger partial charge on any atom is -0.353 e. The second-order valence-corrected chi connectivity index (χ2v) is 8.87. The first-order valence-electron chi connectivity index (χ1n) is 10.6. The van der Waals surface area contributed by atoms with Crippen LogP contribution in [-0.2, 0) is 0 Å². The van der Waals surface area contributed by atoms with Crippen LogP contribution in [0.2, 0.25) is 5.02 Å². The minimum atomic E-state index is -0.435. The molecule has 156 valence electrons. The molecule has 0 saturated carbocycles. The highest BCUT2D eigenvalue weighted by atomic mass is 35.5. The van der Waals surface area contributed by atoms with E-state index < -0.39 is 5.82 Å². The summed E-state index contributed by atoms with van der Waals surface area (Å²) in [5.41, 5.74) is 1.23. The number of nitrogens with one attached hydrogen (secondary N) is 1. The Labute approximate surface area is 184 Å². The first-order valence-corrected chi connectivity index (χ1v) is 11.0. The van der Waals surface area contributed by atoms with Crippen molar-refractivity contribution in [2.45, 2.75) is 31.8 Å². The van der Waals surface area contributed by atoms with Crippen molar-refractivity contribution in [3.05, 3.63) is 59.3 Å². The number of hydrogen-bond donors (Lipinski definition) is 1. The van der Waals surface area contributed by atoms with Gasteiger partial charge in [-0.25, -0.2) is 14.4 Å². The van der Waals surface area contributed by atoms with Gasteiger partial charge in [-0.2, -0.15) is 0 Å². The Hall–Kier alpha value is -2.83. The molecule has 0 amide bonds. The van der Waals surface area contributed by atoms with Crippen LogP contribution >= 0.6 is 11.6 Å². The van der Waals surface area contributed by atoms with E-state index in [1.807, 2.05) is 43.3 Å². The van der Waals surface area contributed by atoms with Gasteiger partial charge in [-0.05, 0) is 31.2 Å². The van der Waals surface area contributed by atoms with E-state index in [4.69, 9.17) is 11.6 Å². The van der Waals surface area contributed by atoms with Gasteiger partial charge in [-0.3, -0.25) is 4.98 Å². The monoisotopic (exact) mass is 433 g/mol. The lowest BCUT2D eigenvalue weighted by Crippen LogP contribution is -2.51. The molecule has 31 heavy (non-hydrogen) atoms. The van der Waals surface area contributed by atoms with E-state index in [-0.39, 0.29) is 5.69 Å². The lowest BCUT2D eigenvalue weighted by Gasteiger charge is -2.34. The zero-order valence-electron chi connectivity index (χ0n) is 17.1. The number of aromatic nitrogens is 3. The Morgan fingerprint density at radius 1 is 1.06 bits per heavy atom. The van der Waals surface area contributed by atoms with Crippen molar-refractivity contribution in [1.82, 2.24) is 20.3 Å². The number of nitrogens with zero attached hydrogens (tertiary/aromatic N) is 4. The lowest BCUT2D eigenvalue weighted by molar-refractivity contribution is 0.464. The molecular formula is C24H21ClFN5. The molecule has 2 aromatic heterocycles. The maximum atomic E-state index is 15.9. The maximum Gasteiger partial charge on any atom is 0.175 e. The molecule has 4 aromatic rings. The number of aryl methyl sites for hydroxylation is 1. The van der Waals surface area contributed by atoms with Crippen LogP contribution in [-0.4, -0.2) is 40.1 Å². The topological polar surface area (TPSA) is 53.9 Å². The Bertz CT molecular complexity index is 1320. The standard InChI is InChI=1S/C24H21ClFN5/c1-13-28-23-18(24(29-13)31-11-15-8-9-16(12-31)30-15)10-27-22(21(23)26)17-6-2-4-14-5-3-7-19(25)20(14)17/h2-7,10,15-16,30H,8-9,11-12H2,1H3. The summed E-state index contributed by atoms with van der Waals surface area (Å²) in [6.45, 7) is 3.54. The summed E-state index contributed by atoms with van der Waals surface area (Å²) < 4.78 is 15.9. The average molecular weight is 434 g/mol. The van der Waals surface area contributed by atoms with E-state index in [9.17, 15) is 0 Å². The van der Waals surface area contributed by atoms with Gasteiger partial charge in [0, 0.05) is 47.3 Å². The number of rotatable bonds is 2. The van der Waals surface area contributed by atoms with Crippen LogP contribution in [0.25, 0.3) is 32.9 Å². The molecule has 2 bridgehead atoms. The number of pyridine rings is 1. The normalized spacial score (nSPS) is 20.7. The van der Waals surface area contributed by atoms with E-state index in [0.29, 0.717) is 39.4 Å². The molecule has 5 nitrogen and oxygen atoms in total. The summed E-state index contributed by atoms with van der Waals surface area (Å²) in [7, 11) is 0. The fourth-order valence-electron chi connectivity index (χ4n) is 5.04. The molecule has 2 atom stereocenters. The van der Waals surface area contributed by atoms with Crippen molar-refractivity contribution < 1.29 is 4.39 Å². The summed E-state index contributed by atoms with van der Waals surface area (Å²) in [5, 5.41) is 6.60. The fourth-order valence-corrected chi connectivity index (χ4v) is 5.33. The molecule has 0 aliphatic carbocycles. The molecule has 0 radical (unpaired) electrons. The first-order chi connectivity index (χ1) is 15.1. The Morgan fingerprint density at radius 2 is 1.81 bits per heavy atom. The van der Waals surface area contributed by atoms with Crippen molar-refractivity contribution in [2.24, 2.45) is 0 Å². The molecule has 0 spiro atoms. The van der Waals surface area contributed by atoms with Crippen molar-refractivity contribution in [1.29, 1.82) is 0 Å². The largest absolute Gasteiger partial charge is 0.353 e. The summed E-state index contributed by atoms with van der Waals surface area (Å²) in [4.78, 5) is 16.0. The van der Waals surface area contributed by atoms with Gasteiger partial charge >= 0.3 is 0 Å². The van der Waals surface area contributed by atoms with Gasteiger partial charge in [0.2, 0.25) is 0 Å². The zero-order chi connectivity index (χ0) is 21.1. The summed E-state index contributed by atoms with van der Waals surface area (Å²) in [5.74, 6) is 0.893. The van der Waals surface area contributed by atoms with E-state index >= 15 is 4.39 Å². The van der Waals surface area contributed by atoms with Gasteiger partial charge in [-0.1, -0.05) is 41.9 Å². The molecular weight excluding hydrogens is 413 g/mol. The Morgan fingerprint density at radius 3 is 2.58 bits per heavy atom. The summed E-state index contributed by atoms with van der Waals surface area (Å²) >= 11 is 6.48. The molecule has 2 aromatic carbocycles. The third-order valence-corrected chi connectivity index (χ3v) is 6.72. The van der Waals surface area contributed by atoms with E-state index in [2.05, 4.69) is 25.2 Å². The quantitative estimate of drug-likeness (QED) is 0.488. The fraction of sp³-hybridized carbons (Fsp3) is 0.292. The Kier molecular flexibility index (Phi) is 4.33. The minimum absolute atomic E-state index is 0.260. The smallest absolute Gasteiger partial charge is 0.175 e. The molecule has 1 N–H and O–H groups in total. The van der Waals surface area contributed by atoms with Gasteiger partial charge in [0.1, 0.15) is 22.9 Å². The number of anilines is 1. The number of benzene rings is 2. The highest BCUT2D eigenvalue weighted by molar-refractivity contribution is 6.36. The molecule has 2 saturated heterocycles. The Balaban J connectivity index is 1.55. The van der Waals surface area contributed by atoms with Gasteiger partial charge in [0.25, 0.3) is 0 Å². The number of fused-ring (bicyclic) bond motifs is 4. The first kappa shape index (κ1) is 18.9. The number of halogens is 2. The molecule has 2 aliphatic rings. The molecule has 2 fully saturated rings. The third-order valence-electron chi connectivity index (χ3n) is 6.40. The van der Waals surface area contributed by atoms with Crippen LogP contribution in [0.4, 0.5) is 10.2 Å². The van der Waals surface area contributed by atoms with E-state index in [1.165, 1.54) is 12.8 Å². The van der Waals surface area contributed by atoms with E-state index in [0.717, 1.165) is 29.7 Å². The lowest BCUT2D eigenvalue weighted by atomic mass is 10.0. The summed E-state index contributed by atoms with van der Waals surface area (Å²) in [6.07, 6.45) is 4.05. The predicted octanol–water partition coefficient (Wildman–Crippen LogP) is 4.89. The van der Waals surface area contributed by atoms with Crippen molar-refractivity contribution in [3.63, 3.8) is 0 Å². The zero-order valence-corrected chi connectivity index (χ0v) is 17.8. The number of hydrogen-bond acceptors (Lipinski definition) is 5. The van der Waals surface area contributed by atoms with E-state index in [1.54, 1.807) is 6.20 Å². The van der Waals surface area contributed by atoms with Gasteiger partial charge in [0.15, 0.2) is 5.82 Å². The maximum absolute atomic E-state index is 15.9. The van der Waals surface area contributed by atoms with Crippen molar-refractivity contribution in [2.75, 3.05) is 18.0 Å². The van der Waals surface area contributed by atoms with Gasteiger partial charge in [-0.15, -0.1) is 0 Å². The van der Waals surface area contributed by atoms with Crippen LogP contribution in [0.3, 0.4) is 0 Å². The molecule has 6 rings (SSSR count). The number of piperazine rings is 1.